The molecule has 0 spiro atoms. The van der Waals surface area contributed by atoms with Gasteiger partial charge in [-0.25, -0.2) is 4.98 Å². The number of amides is 1. The Morgan fingerprint density at radius 1 is 1.12 bits per heavy atom. The van der Waals surface area contributed by atoms with E-state index in [4.69, 9.17) is 9.47 Å². The monoisotopic (exact) mass is 479 g/mol. The maximum absolute atomic E-state index is 13.1. The van der Waals surface area contributed by atoms with Crippen molar-refractivity contribution in [3.63, 3.8) is 0 Å². The van der Waals surface area contributed by atoms with Crippen LogP contribution in [0.15, 0.2) is 52.4 Å². The number of hydrogen-bond donors (Lipinski definition) is 2. The number of aryl methyl sites for hydroxylation is 1. The molecule has 2 N–H and O–H groups in total. The van der Waals surface area contributed by atoms with Crippen LogP contribution in [0.4, 0.5) is 5.82 Å². The van der Waals surface area contributed by atoms with Gasteiger partial charge in [0.25, 0.3) is 5.56 Å². The van der Waals surface area contributed by atoms with E-state index < -0.39 is 5.92 Å². The Morgan fingerprint density at radius 2 is 1.88 bits per heavy atom. The van der Waals surface area contributed by atoms with Gasteiger partial charge in [-0.2, -0.15) is 0 Å². The van der Waals surface area contributed by atoms with E-state index in [1.165, 1.54) is 17.3 Å². The number of benzene rings is 2. The first kappa shape index (κ1) is 23.9. The van der Waals surface area contributed by atoms with Crippen LogP contribution >= 0.6 is 11.8 Å². The predicted octanol–water partition coefficient (Wildman–Crippen LogP) is 4.89. The summed E-state index contributed by atoms with van der Waals surface area (Å²) in [6.45, 7) is 6.76. The molecule has 178 valence electrons. The fourth-order valence-electron chi connectivity index (χ4n) is 3.82. The summed E-state index contributed by atoms with van der Waals surface area (Å²) in [5, 5.41) is 3.25. The molecule has 1 aliphatic heterocycles. The molecular weight excluding hydrogens is 450 g/mol. The molecular formula is C26H29N3O4S. The summed E-state index contributed by atoms with van der Waals surface area (Å²) in [4.78, 5) is 33.1. The summed E-state index contributed by atoms with van der Waals surface area (Å²) in [6.07, 6.45) is 0.156. The van der Waals surface area contributed by atoms with Gasteiger partial charge in [0.1, 0.15) is 5.82 Å². The number of rotatable bonds is 8. The molecule has 1 aromatic heterocycles. The molecule has 2 heterocycles. The minimum atomic E-state index is -0.427. The highest BCUT2D eigenvalue weighted by Crippen LogP contribution is 2.38. The summed E-state index contributed by atoms with van der Waals surface area (Å²) >= 11 is 1.43. The van der Waals surface area contributed by atoms with E-state index in [2.05, 4.69) is 53.4 Å². The lowest BCUT2D eigenvalue weighted by Crippen LogP contribution is -2.31. The number of H-pyrrole nitrogens is 1. The standard InChI is InChI=1S/C26H29N3O4S/c1-15(2)13-33-20-10-9-18(11-21(20)32-4)19-12-22(30)27-24-23(19)25(31)29-26(28-24)34-14-17-7-5-16(3)6-8-17/h5-11,15,19H,12-14H2,1-4H3,(H2,27,28,29,30,31)/t19-/m1/s1. The van der Waals surface area contributed by atoms with E-state index in [9.17, 15) is 9.59 Å². The highest BCUT2D eigenvalue weighted by atomic mass is 32.2. The van der Waals surface area contributed by atoms with Crippen LogP contribution in [0.2, 0.25) is 0 Å². The van der Waals surface area contributed by atoms with Crippen molar-refractivity contribution in [3.8, 4) is 11.5 Å². The second-order valence-corrected chi connectivity index (χ2v) is 9.79. The number of fused-ring (bicyclic) bond motifs is 1. The van der Waals surface area contributed by atoms with Crippen LogP contribution in [0.1, 0.15) is 48.4 Å². The Kier molecular flexibility index (Phi) is 7.26. The molecule has 0 saturated carbocycles. The fraction of sp³-hybridized carbons (Fsp3) is 0.346. The van der Waals surface area contributed by atoms with Gasteiger partial charge in [0.15, 0.2) is 16.7 Å². The highest BCUT2D eigenvalue weighted by molar-refractivity contribution is 7.98. The van der Waals surface area contributed by atoms with Crippen molar-refractivity contribution in [3.05, 3.63) is 75.1 Å². The summed E-state index contributed by atoms with van der Waals surface area (Å²) in [5.41, 5.74) is 3.33. The minimum Gasteiger partial charge on any atom is -0.493 e. The lowest BCUT2D eigenvalue weighted by molar-refractivity contribution is -0.116. The first-order valence-electron chi connectivity index (χ1n) is 11.3. The molecule has 1 atom stereocenters. The minimum absolute atomic E-state index is 0.156. The van der Waals surface area contributed by atoms with E-state index in [0.29, 0.717) is 46.3 Å². The first-order chi connectivity index (χ1) is 16.3. The molecule has 0 aliphatic carbocycles. The SMILES string of the molecule is COc1cc([C@H]2CC(=O)Nc3nc(SCc4ccc(C)cc4)[nH]c(=O)c32)ccc1OCC(C)C. The van der Waals surface area contributed by atoms with Gasteiger partial charge in [0, 0.05) is 18.1 Å². The molecule has 3 aromatic rings. The largest absolute Gasteiger partial charge is 0.493 e. The number of carbonyl (C=O) groups is 1. The zero-order chi connectivity index (χ0) is 24.2. The second-order valence-electron chi connectivity index (χ2n) is 8.83. The van der Waals surface area contributed by atoms with Crippen LogP contribution in [0.25, 0.3) is 0 Å². The van der Waals surface area contributed by atoms with Crippen molar-refractivity contribution in [2.75, 3.05) is 19.0 Å². The smallest absolute Gasteiger partial charge is 0.257 e. The van der Waals surface area contributed by atoms with E-state index >= 15 is 0 Å². The van der Waals surface area contributed by atoms with Crippen molar-refractivity contribution in [2.24, 2.45) is 5.92 Å². The maximum Gasteiger partial charge on any atom is 0.257 e. The average molecular weight is 480 g/mol. The van der Waals surface area contributed by atoms with E-state index in [1.54, 1.807) is 7.11 Å². The molecule has 1 aliphatic rings. The average Bonchev–Trinajstić information content (AvgIpc) is 2.81. The zero-order valence-corrected chi connectivity index (χ0v) is 20.6. The number of aromatic nitrogens is 2. The van der Waals surface area contributed by atoms with Crippen molar-refractivity contribution >= 4 is 23.5 Å². The number of carbonyl (C=O) groups excluding carboxylic acids is 1. The molecule has 0 radical (unpaired) electrons. The molecule has 4 rings (SSSR count). The van der Waals surface area contributed by atoms with Crippen LogP contribution in [0, 0.1) is 12.8 Å². The molecule has 0 bridgehead atoms. The van der Waals surface area contributed by atoms with Crippen LogP contribution in [0.3, 0.4) is 0 Å². The lowest BCUT2D eigenvalue weighted by atomic mass is 9.86. The van der Waals surface area contributed by atoms with Crippen molar-refractivity contribution in [2.45, 2.75) is 44.0 Å². The van der Waals surface area contributed by atoms with Crippen molar-refractivity contribution < 1.29 is 14.3 Å². The van der Waals surface area contributed by atoms with E-state index in [0.717, 1.165) is 11.1 Å². The van der Waals surface area contributed by atoms with Crippen molar-refractivity contribution in [1.82, 2.24) is 9.97 Å². The van der Waals surface area contributed by atoms with E-state index in [1.807, 2.05) is 25.1 Å². The number of methoxy groups -OCH3 is 1. The summed E-state index contributed by atoms with van der Waals surface area (Å²) < 4.78 is 11.4. The van der Waals surface area contributed by atoms with Gasteiger partial charge < -0.3 is 19.8 Å². The molecule has 7 nitrogen and oxygen atoms in total. The highest BCUT2D eigenvalue weighted by Gasteiger charge is 2.31. The van der Waals surface area contributed by atoms with Gasteiger partial charge in [-0.3, -0.25) is 9.59 Å². The Bertz CT molecular complexity index is 1240. The van der Waals surface area contributed by atoms with Crippen LogP contribution < -0.4 is 20.3 Å². The van der Waals surface area contributed by atoms with Crippen LogP contribution in [0.5, 0.6) is 11.5 Å². The lowest BCUT2D eigenvalue weighted by Gasteiger charge is -2.25. The molecule has 0 unspecified atom stereocenters. The Hall–Kier alpha value is -3.26. The molecule has 34 heavy (non-hydrogen) atoms. The van der Waals surface area contributed by atoms with E-state index in [-0.39, 0.29) is 17.9 Å². The second kappa shape index (κ2) is 10.3. The van der Waals surface area contributed by atoms with Gasteiger partial charge >= 0.3 is 0 Å². The van der Waals surface area contributed by atoms with Crippen molar-refractivity contribution in [1.29, 1.82) is 0 Å². The molecule has 2 aromatic carbocycles. The van der Waals surface area contributed by atoms with Crippen LogP contribution in [-0.4, -0.2) is 29.6 Å². The Morgan fingerprint density at radius 3 is 2.59 bits per heavy atom. The third kappa shape index (κ3) is 5.44. The number of hydrogen-bond acceptors (Lipinski definition) is 6. The predicted molar refractivity (Wildman–Crippen MR) is 134 cm³/mol. The third-order valence-electron chi connectivity index (χ3n) is 5.59. The molecule has 0 fully saturated rings. The quantitative estimate of drug-likeness (QED) is 0.353. The van der Waals surface area contributed by atoms with Gasteiger partial charge in [0.2, 0.25) is 5.91 Å². The summed E-state index contributed by atoms with van der Waals surface area (Å²) in [6, 6.07) is 13.8. The Labute approximate surface area is 203 Å². The molecule has 8 heteroatoms. The summed E-state index contributed by atoms with van der Waals surface area (Å²) in [5.74, 6) is 1.95. The number of aromatic amines is 1. The van der Waals surface area contributed by atoms with Gasteiger partial charge in [-0.15, -0.1) is 0 Å². The van der Waals surface area contributed by atoms with Gasteiger partial charge in [-0.05, 0) is 36.1 Å². The topological polar surface area (TPSA) is 93.3 Å². The number of nitrogens with one attached hydrogen (secondary N) is 2. The number of nitrogens with zero attached hydrogens (tertiary/aromatic N) is 1. The third-order valence-corrected chi connectivity index (χ3v) is 6.53. The summed E-state index contributed by atoms with van der Waals surface area (Å²) in [7, 11) is 1.58. The number of thioether (sulfide) groups is 1. The van der Waals surface area contributed by atoms with Gasteiger partial charge in [0.05, 0.1) is 19.3 Å². The maximum atomic E-state index is 13.1. The first-order valence-corrected chi connectivity index (χ1v) is 12.3. The zero-order valence-electron chi connectivity index (χ0n) is 19.8. The molecule has 0 saturated heterocycles. The Balaban J connectivity index is 1.61. The number of anilines is 1. The molecule has 1 amide bonds. The fourth-order valence-corrected chi connectivity index (χ4v) is 4.63. The van der Waals surface area contributed by atoms with Crippen LogP contribution in [-0.2, 0) is 10.5 Å². The normalized spacial score (nSPS) is 15.1. The number of ether oxygens (including phenoxy) is 2. The van der Waals surface area contributed by atoms with Gasteiger partial charge in [-0.1, -0.05) is 61.5 Å².